The highest BCUT2D eigenvalue weighted by Gasteiger charge is 2.05. The van der Waals surface area contributed by atoms with Gasteiger partial charge in [0.1, 0.15) is 17.3 Å². The van der Waals surface area contributed by atoms with Crippen molar-refractivity contribution in [2.75, 3.05) is 0 Å². The minimum Gasteiger partial charge on any atom is -0.457 e. The zero-order valence-electron chi connectivity index (χ0n) is 13.4. The van der Waals surface area contributed by atoms with E-state index in [1.807, 2.05) is 66.7 Å². The maximum atomic E-state index is 7.08. The van der Waals surface area contributed by atoms with Gasteiger partial charge in [0, 0.05) is 6.42 Å². The maximum absolute atomic E-state index is 7.08. The van der Waals surface area contributed by atoms with Gasteiger partial charge in [-0.15, -0.1) is 0 Å². The van der Waals surface area contributed by atoms with Crippen molar-refractivity contribution in [1.29, 1.82) is 0 Å². The van der Waals surface area contributed by atoms with Crippen LogP contribution in [-0.4, -0.2) is 9.97 Å². The van der Waals surface area contributed by atoms with Gasteiger partial charge in [0.25, 0.3) is 0 Å². The molecule has 1 aromatic heterocycles. The fourth-order valence-electron chi connectivity index (χ4n) is 2.70. The quantitative estimate of drug-likeness (QED) is 0.504. The van der Waals surface area contributed by atoms with Crippen LogP contribution < -0.4 is 4.74 Å². The summed E-state index contributed by atoms with van der Waals surface area (Å²) in [4.78, 5) is 11.3. The second kappa shape index (κ2) is 6.50. The Morgan fingerprint density at radius 1 is 0.920 bits per heavy atom. The van der Waals surface area contributed by atoms with Crippen molar-refractivity contribution in [1.82, 2.24) is 9.97 Å². The van der Waals surface area contributed by atoms with Gasteiger partial charge in [0.15, 0.2) is 5.69 Å². The Morgan fingerprint density at radius 3 is 2.44 bits per heavy atom. The molecule has 120 valence electrons. The van der Waals surface area contributed by atoms with Crippen LogP contribution in [0.4, 0.5) is 5.69 Å². The van der Waals surface area contributed by atoms with Crippen molar-refractivity contribution < 1.29 is 4.74 Å². The third kappa shape index (κ3) is 3.36. The molecule has 4 rings (SSSR count). The monoisotopic (exact) mass is 325 g/mol. The second-order valence-electron chi connectivity index (χ2n) is 5.73. The highest BCUT2D eigenvalue weighted by molar-refractivity contribution is 5.79. The van der Waals surface area contributed by atoms with Gasteiger partial charge in [-0.2, -0.15) is 0 Å². The number of benzene rings is 3. The Bertz CT molecular complexity index is 1040. The highest BCUT2D eigenvalue weighted by atomic mass is 16.5. The standard InChI is InChI=1S/C21H15N3O/c1-22-16-9-12-19-20(14-16)24-21(23-19)13-15-7-10-18(11-8-15)25-17-5-3-2-4-6-17/h2-12,14H,13H2,(H,23,24). The SMILES string of the molecule is [C-]#[N+]c1ccc2nc(Cc3ccc(Oc4ccccc4)cc3)[nH]c2c1. The molecule has 0 saturated heterocycles. The van der Waals surface area contributed by atoms with E-state index in [1.165, 1.54) is 0 Å². The largest absolute Gasteiger partial charge is 0.457 e. The first-order chi connectivity index (χ1) is 12.3. The molecular weight excluding hydrogens is 310 g/mol. The Morgan fingerprint density at radius 2 is 1.68 bits per heavy atom. The minimum atomic E-state index is 0.616. The van der Waals surface area contributed by atoms with E-state index in [4.69, 9.17) is 11.3 Å². The van der Waals surface area contributed by atoms with Gasteiger partial charge >= 0.3 is 0 Å². The Kier molecular flexibility index (Phi) is 3.89. The summed E-state index contributed by atoms with van der Waals surface area (Å²) in [5, 5.41) is 0. The summed E-state index contributed by atoms with van der Waals surface area (Å²) in [5.41, 5.74) is 3.54. The van der Waals surface area contributed by atoms with E-state index in [0.29, 0.717) is 12.1 Å². The molecule has 0 aliphatic carbocycles. The lowest BCUT2D eigenvalue weighted by Crippen LogP contribution is -1.91. The molecule has 0 fully saturated rings. The smallest absolute Gasteiger partial charge is 0.189 e. The van der Waals surface area contributed by atoms with Crippen molar-refractivity contribution >= 4 is 16.7 Å². The number of nitrogens with one attached hydrogen (secondary N) is 1. The number of imidazole rings is 1. The molecule has 0 bridgehead atoms. The van der Waals surface area contributed by atoms with Gasteiger partial charge in [-0.25, -0.2) is 9.83 Å². The summed E-state index contributed by atoms with van der Waals surface area (Å²) in [5.74, 6) is 2.51. The number of ether oxygens (including phenoxy) is 1. The predicted octanol–water partition coefficient (Wildman–Crippen LogP) is 5.50. The van der Waals surface area contributed by atoms with Crippen LogP contribution in [0.3, 0.4) is 0 Å². The van der Waals surface area contributed by atoms with Crippen molar-refractivity contribution in [2.24, 2.45) is 0 Å². The fraction of sp³-hybridized carbons (Fsp3) is 0.0476. The number of aromatic nitrogens is 2. The lowest BCUT2D eigenvalue weighted by Gasteiger charge is -2.06. The van der Waals surface area contributed by atoms with Crippen LogP contribution >= 0.6 is 0 Å². The third-order valence-corrected chi connectivity index (χ3v) is 3.92. The zero-order chi connectivity index (χ0) is 17.1. The summed E-state index contributed by atoms with van der Waals surface area (Å²) >= 11 is 0. The van der Waals surface area contributed by atoms with Crippen LogP contribution in [0.15, 0.2) is 72.8 Å². The lowest BCUT2D eigenvalue weighted by atomic mass is 10.1. The van der Waals surface area contributed by atoms with Crippen LogP contribution in [0, 0.1) is 6.57 Å². The molecule has 4 heteroatoms. The third-order valence-electron chi connectivity index (χ3n) is 3.92. The molecule has 0 radical (unpaired) electrons. The summed E-state index contributed by atoms with van der Waals surface area (Å²) in [7, 11) is 0. The molecular formula is C21H15N3O. The molecule has 0 aliphatic rings. The molecule has 0 unspecified atom stereocenters. The van der Waals surface area contributed by atoms with Crippen molar-refractivity contribution in [3.8, 4) is 11.5 Å². The first-order valence-electron chi connectivity index (χ1n) is 7.98. The Labute approximate surface area is 145 Å². The molecule has 25 heavy (non-hydrogen) atoms. The molecule has 0 spiro atoms. The molecule has 1 N–H and O–H groups in total. The summed E-state index contributed by atoms with van der Waals surface area (Å²) in [6.45, 7) is 7.08. The van der Waals surface area contributed by atoms with Crippen molar-refractivity contribution in [2.45, 2.75) is 6.42 Å². The van der Waals surface area contributed by atoms with Gasteiger partial charge in [0.05, 0.1) is 17.6 Å². The maximum Gasteiger partial charge on any atom is 0.189 e. The van der Waals surface area contributed by atoms with Crippen LogP contribution in [0.2, 0.25) is 0 Å². The van der Waals surface area contributed by atoms with Crippen molar-refractivity contribution in [3.63, 3.8) is 0 Å². The van der Waals surface area contributed by atoms with E-state index in [-0.39, 0.29) is 0 Å². The second-order valence-corrected chi connectivity index (χ2v) is 5.73. The predicted molar refractivity (Wildman–Crippen MR) is 98.1 cm³/mol. The van der Waals surface area contributed by atoms with Crippen molar-refractivity contribution in [3.05, 3.63) is 95.6 Å². The molecule has 0 amide bonds. The van der Waals surface area contributed by atoms with Crippen LogP contribution in [0.25, 0.3) is 15.9 Å². The summed E-state index contributed by atoms with van der Waals surface area (Å²) in [6.07, 6.45) is 0.702. The number of fused-ring (bicyclic) bond motifs is 1. The van der Waals surface area contributed by atoms with Gasteiger partial charge in [-0.3, -0.25) is 0 Å². The van der Waals surface area contributed by atoms with Crippen LogP contribution in [0.5, 0.6) is 11.5 Å². The molecule has 0 aliphatic heterocycles. The van der Waals surface area contributed by atoms with Crippen LogP contribution in [0.1, 0.15) is 11.4 Å². The van der Waals surface area contributed by atoms with E-state index in [0.717, 1.165) is 33.9 Å². The molecule has 4 nitrogen and oxygen atoms in total. The van der Waals surface area contributed by atoms with Gasteiger partial charge < -0.3 is 9.72 Å². The van der Waals surface area contributed by atoms with Crippen LogP contribution in [-0.2, 0) is 6.42 Å². The number of H-pyrrole nitrogens is 1. The first kappa shape index (κ1) is 15.0. The van der Waals surface area contributed by atoms with Gasteiger partial charge in [-0.05, 0) is 42.0 Å². The average molecular weight is 325 g/mol. The molecule has 3 aromatic carbocycles. The van der Waals surface area contributed by atoms with Gasteiger partial charge in [-0.1, -0.05) is 36.4 Å². The molecule has 1 heterocycles. The normalized spacial score (nSPS) is 10.5. The summed E-state index contributed by atoms with van der Waals surface area (Å²) < 4.78 is 5.81. The van der Waals surface area contributed by atoms with E-state index in [1.54, 1.807) is 6.07 Å². The minimum absolute atomic E-state index is 0.616. The number of nitrogens with zero attached hydrogens (tertiary/aromatic N) is 2. The number of hydrogen-bond acceptors (Lipinski definition) is 2. The van der Waals surface area contributed by atoms with E-state index >= 15 is 0 Å². The Hall–Kier alpha value is -3.58. The fourth-order valence-corrected chi connectivity index (χ4v) is 2.70. The number of rotatable bonds is 4. The van der Waals surface area contributed by atoms with E-state index < -0.39 is 0 Å². The van der Waals surface area contributed by atoms with Gasteiger partial charge in [0.2, 0.25) is 0 Å². The average Bonchev–Trinajstić information content (AvgIpc) is 3.05. The first-order valence-corrected chi connectivity index (χ1v) is 7.98. The molecule has 0 saturated carbocycles. The number of para-hydroxylation sites is 1. The van der Waals surface area contributed by atoms with E-state index in [2.05, 4.69) is 14.8 Å². The molecule has 4 aromatic rings. The lowest BCUT2D eigenvalue weighted by molar-refractivity contribution is 0.482. The topological polar surface area (TPSA) is 42.3 Å². The number of aromatic amines is 1. The number of hydrogen-bond donors (Lipinski definition) is 1. The van der Waals surface area contributed by atoms with E-state index in [9.17, 15) is 0 Å². The summed E-state index contributed by atoms with van der Waals surface area (Å²) in [6, 6.07) is 23.2. The Balaban J connectivity index is 1.50. The molecule has 0 atom stereocenters. The zero-order valence-corrected chi connectivity index (χ0v) is 13.4. The highest BCUT2D eigenvalue weighted by Crippen LogP contribution is 2.23.